The summed E-state index contributed by atoms with van der Waals surface area (Å²) in [6.45, 7) is 4.63. The molecule has 0 bridgehead atoms. The summed E-state index contributed by atoms with van der Waals surface area (Å²) in [4.78, 5) is 4.39. The monoisotopic (exact) mass is 282 g/mol. The Hall–Kier alpha value is -2.49. The molecule has 0 saturated heterocycles. The van der Waals surface area contributed by atoms with Crippen LogP contribution in [0.1, 0.15) is 12.5 Å². The summed E-state index contributed by atoms with van der Waals surface area (Å²) in [5.41, 5.74) is 2.86. The second-order valence-corrected chi connectivity index (χ2v) is 5.16. The van der Waals surface area contributed by atoms with Gasteiger partial charge in [0.15, 0.2) is 5.58 Å². The highest BCUT2D eigenvalue weighted by Crippen LogP contribution is 2.19. The van der Waals surface area contributed by atoms with Crippen molar-refractivity contribution in [2.24, 2.45) is 0 Å². The van der Waals surface area contributed by atoms with Crippen LogP contribution in [-0.2, 0) is 0 Å². The SMILES string of the molecule is Cc1ccc(OCC(C)Nc2nc3ccccc3o2)cc1. The number of benzene rings is 2. The van der Waals surface area contributed by atoms with Gasteiger partial charge in [0, 0.05) is 0 Å². The van der Waals surface area contributed by atoms with Crippen LogP contribution in [0.25, 0.3) is 11.1 Å². The Morgan fingerprint density at radius 2 is 1.90 bits per heavy atom. The first-order valence-corrected chi connectivity index (χ1v) is 7.02. The lowest BCUT2D eigenvalue weighted by Crippen LogP contribution is -2.23. The van der Waals surface area contributed by atoms with Gasteiger partial charge in [-0.1, -0.05) is 29.8 Å². The maximum Gasteiger partial charge on any atom is 0.296 e. The fraction of sp³-hybridized carbons (Fsp3) is 0.235. The van der Waals surface area contributed by atoms with Crippen LogP contribution in [0.2, 0.25) is 0 Å². The lowest BCUT2D eigenvalue weighted by atomic mass is 10.2. The maximum absolute atomic E-state index is 5.74. The third-order valence-corrected chi connectivity index (χ3v) is 3.18. The van der Waals surface area contributed by atoms with Gasteiger partial charge in [-0.2, -0.15) is 4.98 Å². The molecule has 0 radical (unpaired) electrons. The molecule has 3 aromatic rings. The largest absolute Gasteiger partial charge is 0.491 e. The van der Waals surface area contributed by atoms with Gasteiger partial charge in [0.1, 0.15) is 17.9 Å². The van der Waals surface area contributed by atoms with E-state index in [4.69, 9.17) is 9.15 Å². The van der Waals surface area contributed by atoms with E-state index in [1.807, 2.05) is 55.5 Å². The lowest BCUT2D eigenvalue weighted by Gasteiger charge is -2.13. The smallest absolute Gasteiger partial charge is 0.296 e. The van der Waals surface area contributed by atoms with E-state index in [1.54, 1.807) is 0 Å². The van der Waals surface area contributed by atoms with Crippen molar-refractivity contribution in [3.8, 4) is 5.75 Å². The Morgan fingerprint density at radius 3 is 2.67 bits per heavy atom. The molecular formula is C17H18N2O2. The van der Waals surface area contributed by atoms with Gasteiger partial charge < -0.3 is 14.5 Å². The zero-order valence-electron chi connectivity index (χ0n) is 12.2. The van der Waals surface area contributed by atoms with Crippen LogP contribution < -0.4 is 10.1 Å². The van der Waals surface area contributed by atoms with E-state index in [-0.39, 0.29) is 6.04 Å². The van der Waals surface area contributed by atoms with E-state index in [1.165, 1.54) is 5.56 Å². The quantitative estimate of drug-likeness (QED) is 0.768. The van der Waals surface area contributed by atoms with Crippen molar-refractivity contribution in [1.82, 2.24) is 4.98 Å². The molecule has 1 unspecified atom stereocenters. The van der Waals surface area contributed by atoms with Gasteiger partial charge >= 0.3 is 0 Å². The molecule has 0 aliphatic heterocycles. The van der Waals surface area contributed by atoms with Crippen molar-refractivity contribution in [3.05, 3.63) is 54.1 Å². The zero-order chi connectivity index (χ0) is 14.7. The summed E-state index contributed by atoms with van der Waals surface area (Å²) in [7, 11) is 0. The topological polar surface area (TPSA) is 47.3 Å². The molecule has 0 aliphatic carbocycles. The molecule has 1 heterocycles. The predicted octanol–water partition coefficient (Wildman–Crippen LogP) is 4.02. The van der Waals surface area contributed by atoms with Crippen molar-refractivity contribution in [2.45, 2.75) is 19.9 Å². The number of fused-ring (bicyclic) bond motifs is 1. The van der Waals surface area contributed by atoms with Crippen LogP contribution in [0.5, 0.6) is 5.75 Å². The van der Waals surface area contributed by atoms with Gasteiger partial charge in [0.05, 0.1) is 6.04 Å². The molecule has 4 nitrogen and oxygen atoms in total. The Labute approximate surface area is 123 Å². The molecule has 21 heavy (non-hydrogen) atoms. The number of aromatic nitrogens is 1. The van der Waals surface area contributed by atoms with E-state index in [2.05, 4.69) is 17.2 Å². The summed E-state index contributed by atoms with van der Waals surface area (Å²) in [5, 5.41) is 3.21. The second kappa shape index (κ2) is 5.87. The molecule has 0 aliphatic rings. The summed E-state index contributed by atoms with van der Waals surface area (Å²) in [6, 6.07) is 16.3. The highest BCUT2D eigenvalue weighted by atomic mass is 16.5. The van der Waals surface area contributed by atoms with Crippen molar-refractivity contribution in [2.75, 3.05) is 11.9 Å². The predicted molar refractivity (Wildman–Crippen MR) is 83.8 cm³/mol. The van der Waals surface area contributed by atoms with Crippen molar-refractivity contribution >= 4 is 17.1 Å². The minimum absolute atomic E-state index is 0.0966. The number of nitrogens with zero attached hydrogens (tertiary/aromatic N) is 1. The maximum atomic E-state index is 5.74. The Bertz CT molecular complexity index is 686. The van der Waals surface area contributed by atoms with Crippen molar-refractivity contribution in [3.63, 3.8) is 0 Å². The van der Waals surface area contributed by atoms with Gasteiger partial charge in [-0.15, -0.1) is 0 Å². The molecule has 108 valence electrons. The molecule has 1 atom stereocenters. The van der Waals surface area contributed by atoms with Crippen LogP contribution in [0.4, 0.5) is 6.01 Å². The highest BCUT2D eigenvalue weighted by Gasteiger charge is 2.09. The number of oxazole rings is 1. The van der Waals surface area contributed by atoms with Crippen molar-refractivity contribution in [1.29, 1.82) is 0 Å². The molecule has 0 saturated carbocycles. The number of ether oxygens (including phenoxy) is 1. The Morgan fingerprint density at radius 1 is 1.14 bits per heavy atom. The average Bonchev–Trinajstić information content (AvgIpc) is 2.88. The van der Waals surface area contributed by atoms with E-state index in [0.29, 0.717) is 12.6 Å². The van der Waals surface area contributed by atoms with E-state index < -0.39 is 0 Å². The standard InChI is InChI=1S/C17H18N2O2/c1-12-7-9-14(10-8-12)20-11-13(2)18-17-19-15-5-3-4-6-16(15)21-17/h3-10,13H,11H2,1-2H3,(H,18,19). The fourth-order valence-corrected chi connectivity index (χ4v) is 2.04. The first-order chi connectivity index (χ1) is 10.2. The zero-order valence-corrected chi connectivity index (χ0v) is 12.2. The van der Waals surface area contributed by atoms with Gasteiger partial charge in [-0.05, 0) is 38.1 Å². The van der Waals surface area contributed by atoms with Crippen molar-refractivity contribution < 1.29 is 9.15 Å². The van der Waals surface area contributed by atoms with Gasteiger partial charge in [-0.3, -0.25) is 0 Å². The number of hydrogen-bond donors (Lipinski definition) is 1. The molecule has 4 heteroatoms. The summed E-state index contributed by atoms with van der Waals surface area (Å²) < 4.78 is 11.4. The van der Waals surface area contributed by atoms with Gasteiger partial charge in [0.25, 0.3) is 6.01 Å². The minimum atomic E-state index is 0.0966. The molecule has 1 N–H and O–H groups in total. The molecule has 1 aromatic heterocycles. The minimum Gasteiger partial charge on any atom is -0.491 e. The summed E-state index contributed by atoms with van der Waals surface area (Å²) in [5.74, 6) is 0.867. The molecule has 3 rings (SSSR count). The summed E-state index contributed by atoms with van der Waals surface area (Å²) in [6.07, 6.45) is 0. The number of aryl methyl sites for hydroxylation is 1. The molecule has 2 aromatic carbocycles. The van der Waals surface area contributed by atoms with E-state index in [0.717, 1.165) is 16.8 Å². The van der Waals surface area contributed by atoms with Crippen LogP contribution in [-0.4, -0.2) is 17.6 Å². The number of hydrogen-bond acceptors (Lipinski definition) is 4. The van der Waals surface area contributed by atoms with Crippen LogP contribution >= 0.6 is 0 Å². The average molecular weight is 282 g/mol. The first-order valence-electron chi connectivity index (χ1n) is 7.02. The van der Waals surface area contributed by atoms with Crippen LogP contribution in [0, 0.1) is 6.92 Å². The number of para-hydroxylation sites is 2. The van der Waals surface area contributed by atoms with Crippen LogP contribution in [0.3, 0.4) is 0 Å². The lowest BCUT2D eigenvalue weighted by molar-refractivity contribution is 0.302. The van der Waals surface area contributed by atoms with Crippen LogP contribution in [0.15, 0.2) is 52.9 Å². The number of anilines is 1. The van der Waals surface area contributed by atoms with E-state index >= 15 is 0 Å². The van der Waals surface area contributed by atoms with Gasteiger partial charge in [-0.25, -0.2) is 0 Å². The fourth-order valence-electron chi connectivity index (χ4n) is 2.04. The molecule has 0 amide bonds. The molecule has 0 spiro atoms. The summed E-state index contributed by atoms with van der Waals surface area (Å²) >= 11 is 0. The highest BCUT2D eigenvalue weighted by molar-refractivity contribution is 5.74. The van der Waals surface area contributed by atoms with E-state index in [9.17, 15) is 0 Å². The Kier molecular flexibility index (Phi) is 3.77. The molecule has 0 fully saturated rings. The molecular weight excluding hydrogens is 264 g/mol. The third-order valence-electron chi connectivity index (χ3n) is 3.18. The normalized spacial score (nSPS) is 12.3. The first kappa shape index (κ1) is 13.5. The Balaban J connectivity index is 1.58. The third kappa shape index (κ3) is 3.34. The second-order valence-electron chi connectivity index (χ2n) is 5.16. The number of rotatable bonds is 5. The number of nitrogens with one attached hydrogen (secondary N) is 1. The van der Waals surface area contributed by atoms with Gasteiger partial charge in [0.2, 0.25) is 0 Å².